The van der Waals surface area contributed by atoms with Gasteiger partial charge >= 0.3 is 0 Å². The van der Waals surface area contributed by atoms with Gasteiger partial charge in [-0.15, -0.1) is 0 Å². The maximum atomic E-state index is 12.8. The lowest BCUT2D eigenvalue weighted by Gasteiger charge is -2.18. The van der Waals surface area contributed by atoms with Crippen LogP contribution in [0.5, 0.6) is 5.75 Å². The van der Waals surface area contributed by atoms with E-state index < -0.39 is 10.0 Å². The van der Waals surface area contributed by atoms with Gasteiger partial charge in [-0.3, -0.25) is 4.79 Å². The number of benzene rings is 3. The Morgan fingerprint density at radius 3 is 2.32 bits per heavy atom. The fourth-order valence-corrected chi connectivity index (χ4v) is 6.05. The molecule has 0 fully saturated rings. The van der Waals surface area contributed by atoms with Crippen molar-refractivity contribution >= 4 is 44.3 Å². The van der Waals surface area contributed by atoms with E-state index in [1.165, 1.54) is 28.2 Å². The predicted octanol–water partition coefficient (Wildman–Crippen LogP) is 5.07. The van der Waals surface area contributed by atoms with Crippen molar-refractivity contribution in [3.63, 3.8) is 0 Å². The molecule has 1 aromatic heterocycles. The summed E-state index contributed by atoms with van der Waals surface area (Å²) in [6, 6.07) is 21.4. The fourth-order valence-electron chi connectivity index (χ4n) is 3.79. The maximum Gasteiger partial charge on any atom is 0.243 e. The number of nitrogens with one attached hydrogen (secondary N) is 1. The number of sulfonamides is 1. The molecule has 192 valence electrons. The molecule has 1 amide bonds. The van der Waals surface area contributed by atoms with Gasteiger partial charge in [-0.2, -0.15) is 4.31 Å². The highest BCUT2D eigenvalue weighted by Gasteiger charge is 2.21. The van der Waals surface area contributed by atoms with Crippen LogP contribution in [0.15, 0.2) is 82.7 Å². The highest BCUT2D eigenvalue weighted by atomic mass is 32.2. The van der Waals surface area contributed by atoms with Gasteiger partial charge in [0.25, 0.3) is 0 Å². The van der Waals surface area contributed by atoms with Crippen LogP contribution in [0.4, 0.5) is 5.69 Å². The minimum Gasteiger partial charge on any atom is -0.497 e. The normalized spacial score (nSPS) is 11.6. The number of ether oxygens (including phenoxy) is 1. The molecule has 4 aromatic rings. The Morgan fingerprint density at radius 2 is 1.68 bits per heavy atom. The lowest BCUT2D eigenvalue weighted by atomic mass is 10.2. The van der Waals surface area contributed by atoms with Gasteiger partial charge in [-0.05, 0) is 42.5 Å². The number of thioether (sulfide) groups is 1. The van der Waals surface area contributed by atoms with E-state index in [9.17, 15) is 13.2 Å². The largest absolute Gasteiger partial charge is 0.497 e. The van der Waals surface area contributed by atoms with Crippen LogP contribution in [0.25, 0.3) is 22.3 Å². The number of rotatable bonds is 10. The van der Waals surface area contributed by atoms with Crippen LogP contribution in [-0.2, 0) is 14.8 Å². The first kappa shape index (κ1) is 26.6. The molecule has 0 aliphatic heterocycles. The second-order valence-electron chi connectivity index (χ2n) is 8.05. The van der Waals surface area contributed by atoms with E-state index in [0.29, 0.717) is 35.4 Å². The molecule has 1 heterocycles. The van der Waals surface area contributed by atoms with Gasteiger partial charge in [0.2, 0.25) is 15.9 Å². The van der Waals surface area contributed by atoms with Crippen LogP contribution in [0.1, 0.15) is 13.8 Å². The smallest absolute Gasteiger partial charge is 0.243 e. The molecule has 0 spiro atoms. The molecule has 0 unspecified atom stereocenters. The summed E-state index contributed by atoms with van der Waals surface area (Å²) < 4.78 is 32.1. The monoisotopic (exact) mass is 536 g/mol. The molecule has 0 atom stereocenters. The highest BCUT2D eigenvalue weighted by Crippen LogP contribution is 2.31. The second kappa shape index (κ2) is 11.7. The Kier molecular flexibility index (Phi) is 8.42. The molecule has 0 saturated carbocycles. The van der Waals surface area contributed by atoms with Crippen LogP contribution >= 0.6 is 11.8 Å². The molecule has 0 aliphatic carbocycles. The summed E-state index contributed by atoms with van der Waals surface area (Å²) in [5.41, 5.74) is 2.15. The van der Waals surface area contributed by atoms with Crippen LogP contribution in [-0.4, -0.2) is 54.6 Å². The van der Waals surface area contributed by atoms with Gasteiger partial charge in [0.15, 0.2) is 5.82 Å². The topological polar surface area (TPSA) is 101 Å². The van der Waals surface area contributed by atoms with E-state index in [1.54, 1.807) is 33.1 Å². The zero-order valence-corrected chi connectivity index (χ0v) is 22.5. The predicted molar refractivity (Wildman–Crippen MR) is 147 cm³/mol. The van der Waals surface area contributed by atoms with Crippen molar-refractivity contribution in [1.82, 2.24) is 14.3 Å². The van der Waals surface area contributed by atoms with Crippen LogP contribution in [0, 0.1) is 0 Å². The molecule has 8 nitrogen and oxygen atoms in total. The van der Waals surface area contributed by atoms with E-state index in [0.717, 1.165) is 16.5 Å². The summed E-state index contributed by atoms with van der Waals surface area (Å²) in [4.78, 5) is 22.4. The number of carbonyl (C=O) groups is 1. The van der Waals surface area contributed by atoms with Crippen molar-refractivity contribution < 1.29 is 17.9 Å². The van der Waals surface area contributed by atoms with Crippen LogP contribution < -0.4 is 10.1 Å². The molecule has 0 bridgehead atoms. The van der Waals surface area contributed by atoms with E-state index in [2.05, 4.69) is 5.32 Å². The minimum absolute atomic E-state index is 0.108. The second-order valence-corrected chi connectivity index (χ2v) is 11.0. The summed E-state index contributed by atoms with van der Waals surface area (Å²) in [6.07, 6.45) is 0. The average molecular weight is 537 g/mol. The van der Waals surface area contributed by atoms with Crippen LogP contribution in [0.3, 0.4) is 0 Å². The first-order valence-corrected chi connectivity index (χ1v) is 14.2. The Hall–Kier alpha value is -3.47. The van der Waals surface area contributed by atoms with Crippen molar-refractivity contribution in [2.45, 2.75) is 23.8 Å². The van der Waals surface area contributed by atoms with E-state index in [4.69, 9.17) is 14.7 Å². The van der Waals surface area contributed by atoms with Crippen molar-refractivity contribution in [3.05, 3.63) is 72.8 Å². The molecule has 0 radical (unpaired) electrons. The van der Waals surface area contributed by atoms with Crippen molar-refractivity contribution in [2.24, 2.45) is 0 Å². The van der Waals surface area contributed by atoms with E-state index in [1.807, 2.05) is 48.5 Å². The number of anilines is 1. The fraction of sp³-hybridized carbons (Fsp3) is 0.222. The number of carbonyl (C=O) groups excluding carboxylic acids is 1. The Morgan fingerprint density at radius 1 is 0.973 bits per heavy atom. The standard InChI is InChI=1S/C27H28N4O4S2/c1-4-31(5-2)37(33,34)22-14-11-20(12-15-22)28-25(32)18-36-27-23-17-21(35-3)13-16-24(23)29-26(30-27)19-9-7-6-8-10-19/h6-17H,4-5,18H2,1-3H3,(H,28,32). The SMILES string of the molecule is CCN(CC)S(=O)(=O)c1ccc(NC(=O)CSc2nc(-c3ccccc3)nc3ccc(OC)cc23)cc1. The minimum atomic E-state index is -3.55. The zero-order valence-electron chi connectivity index (χ0n) is 20.8. The Bertz CT molecular complexity index is 1490. The van der Waals surface area contributed by atoms with E-state index in [-0.39, 0.29) is 16.6 Å². The summed E-state index contributed by atoms with van der Waals surface area (Å²) in [5.74, 6) is 1.12. The first-order valence-electron chi connectivity index (χ1n) is 11.8. The van der Waals surface area contributed by atoms with Crippen molar-refractivity contribution in [2.75, 3.05) is 31.3 Å². The van der Waals surface area contributed by atoms with Gasteiger partial charge in [0.05, 0.1) is 23.3 Å². The molecular formula is C27H28N4O4S2. The number of hydrogen-bond donors (Lipinski definition) is 1. The quantitative estimate of drug-likeness (QED) is 0.223. The molecule has 10 heteroatoms. The summed E-state index contributed by atoms with van der Waals surface area (Å²) in [6.45, 7) is 4.38. The lowest BCUT2D eigenvalue weighted by Crippen LogP contribution is -2.30. The third-order valence-corrected chi connectivity index (χ3v) is 8.78. The first-order chi connectivity index (χ1) is 17.8. The van der Waals surface area contributed by atoms with Gasteiger partial charge in [0.1, 0.15) is 10.8 Å². The number of nitrogens with zero attached hydrogens (tertiary/aromatic N) is 3. The number of fused-ring (bicyclic) bond motifs is 1. The van der Waals surface area contributed by atoms with Crippen LogP contribution in [0.2, 0.25) is 0 Å². The molecule has 0 saturated heterocycles. The molecular weight excluding hydrogens is 508 g/mol. The summed E-state index contributed by atoms with van der Waals surface area (Å²) in [5, 5.41) is 4.29. The van der Waals surface area contributed by atoms with E-state index >= 15 is 0 Å². The maximum absolute atomic E-state index is 12.8. The lowest BCUT2D eigenvalue weighted by molar-refractivity contribution is -0.113. The number of hydrogen-bond acceptors (Lipinski definition) is 7. The molecule has 0 aliphatic rings. The van der Waals surface area contributed by atoms with Crippen molar-refractivity contribution in [3.8, 4) is 17.1 Å². The third-order valence-electron chi connectivity index (χ3n) is 5.72. The van der Waals surface area contributed by atoms with Gasteiger partial charge in [-0.25, -0.2) is 18.4 Å². The third kappa shape index (κ3) is 6.10. The molecule has 4 rings (SSSR count). The van der Waals surface area contributed by atoms with Crippen molar-refractivity contribution in [1.29, 1.82) is 0 Å². The van der Waals surface area contributed by atoms with Gasteiger partial charge in [0, 0.05) is 29.7 Å². The number of aromatic nitrogens is 2. The van der Waals surface area contributed by atoms with Gasteiger partial charge < -0.3 is 10.1 Å². The summed E-state index contributed by atoms with van der Waals surface area (Å²) in [7, 11) is -1.96. The average Bonchev–Trinajstić information content (AvgIpc) is 2.92. The number of amides is 1. The Labute approximate surface area is 221 Å². The number of methoxy groups -OCH3 is 1. The molecule has 3 aromatic carbocycles. The highest BCUT2D eigenvalue weighted by molar-refractivity contribution is 8.00. The van der Waals surface area contributed by atoms with Gasteiger partial charge in [-0.1, -0.05) is 55.9 Å². The molecule has 37 heavy (non-hydrogen) atoms. The molecule has 1 N–H and O–H groups in total. The zero-order chi connectivity index (χ0) is 26.4. The summed E-state index contributed by atoms with van der Waals surface area (Å²) >= 11 is 1.30. The Balaban J connectivity index is 1.52.